The highest BCUT2D eigenvalue weighted by Gasteiger charge is 2.16. The van der Waals surface area contributed by atoms with Crippen LogP contribution in [0, 0.1) is 5.82 Å². The molecule has 1 heterocycles. The largest absolute Gasteiger partial charge is 0.370 e. The fourth-order valence-corrected chi connectivity index (χ4v) is 2.26. The number of piperidine rings is 1. The zero-order valence-electron chi connectivity index (χ0n) is 10.7. The van der Waals surface area contributed by atoms with Crippen LogP contribution in [-0.4, -0.2) is 19.0 Å². The maximum absolute atomic E-state index is 13.3. The first-order valence-corrected chi connectivity index (χ1v) is 6.55. The Morgan fingerprint density at radius 2 is 2.06 bits per heavy atom. The molecule has 1 aliphatic heterocycles. The molecule has 1 N–H and O–H groups in total. The van der Waals surface area contributed by atoms with Gasteiger partial charge in [0.15, 0.2) is 0 Å². The number of halogens is 1. The standard InChI is InChI=1S/C14H19FN2O/c1-2-14(18)16-12-10-11(15)6-7-13(12)17-8-4-3-5-9-17/h6-7,10H,2-5,8-9H2,1H3,(H,16,18). The summed E-state index contributed by atoms with van der Waals surface area (Å²) in [4.78, 5) is 13.7. The smallest absolute Gasteiger partial charge is 0.224 e. The SMILES string of the molecule is CCC(=O)Nc1cc(F)ccc1N1CCCCC1. The number of nitrogens with one attached hydrogen (secondary N) is 1. The molecule has 1 aromatic carbocycles. The second-order valence-corrected chi connectivity index (χ2v) is 4.61. The molecule has 0 atom stereocenters. The average Bonchev–Trinajstić information content (AvgIpc) is 2.40. The lowest BCUT2D eigenvalue weighted by atomic mass is 10.1. The van der Waals surface area contributed by atoms with Gasteiger partial charge in [0.25, 0.3) is 0 Å². The van der Waals surface area contributed by atoms with Crippen molar-refractivity contribution in [2.24, 2.45) is 0 Å². The molecule has 0 aliphatic carbocycles. The van der Waals surface area contributed by atoms with Crippen molar-refractivity contribution in [3.05, 3.63) is 24.0 Å². The number of carbonyl (C=O) groups excluding carboxylic acids is 1. The molecular formula is C14H19FN2O. The molecule has 0 saturated carbocycles. The normalized spacial score (nSPS) is 15.6. The van der Waals surface area contributed by atoms with E-state index in [4.69, 9.17) is 0 Å². The van der Waals surface area contributed by atoms with Crippen LogP contribution in [0.5, 0.6) is 0 Å². The number of nitrogens with zero attached hydrogens (tertiary/aromatic N) is 1. The molecule has 18 heavy (non-hydrogen) atoms. The molecule has 1 aromatic rings. The van der Waals surface area contributed by atoms with Crippen LogP contribution in [0.25, 0.3) is 0 Å². The predicted molar refractivity (Wildman–Crippen MR) is 71.4 cm³/mol. The van der Waals surface area contributed by atoms with E-state index < -0.39 is 0 Å². The van der Waals surface area contributed by atoms with Gasteiger partial charge in [-0.05, 0) is 37.5 Å². The Bertz CT molecular complexity index is 428. The second-order valence-electron chi connectivity index (χ2n) is 4.61. The quantitative estimate of drug-likeness (QED) is 0.893. The maximum Gasteiger partial charge on any atom is 0.224 e. The van der Waals surface area contributed by atoms with Gasteiger partial charge >= 0.3 is 0 Å². The first-order chi connectivity index (χ1) is 8.70. The minimum atomic E-state index is -0.317. The lowest BCUT2D eigenvalue weighted by Crippen LogP contribution is -2.30. The number of carbonyl (C=O) groups is 1. The van der Waals surface area contributed by atoms with Crippen molar-refractivity contribution in [1.29, 1.82) is 0 Å². The van der Waals surface area contributed by atoms with E-state index >= 15 is 0 Å². The number of benzene rings is 1. The van der Waals surface area contributed by atoms with Gasteiger partial charge < -0.3 is 10.2 Å². The van der Waals surface area contributed by atoms with Crippen LogP contribution in [0.1, 0.15) is 32.6 Å². The van der Waals surface area contributed by atoms with Crippen molar-refractivity contribution in [3.63, 3.8) is 0 Å². The van der Waals surface area contributed by atoms with E-state index in [-0.39, 0.29) is 11.7 Å². The number of anilines is 2. The fourth-order valence-electron chi connectivity index (χ4n) is 2.26. The maximum atomic E-state index is 13.3. The molecule has 98 valence electrons. The first kappa shape index (κ1) is 12.9. The van der Waals surface area contributed by atoms with Crippen LogP contribution in [-0.2, 0) is 4.79 Å². The van der Waals surface area contributed by atoms with Gasteiger partial charge in [-0.15, -0.1) is 0 Å². The lowest BCUT2D eigenvalue weighted by Gasteiger charge is -2.30. The van der Waals surface area contributed by atoms with Crippen LogP contribution >= 0.6 is 0 Å². The van der Waals surface area contributed by atoms with E-state index in [1.165, 1.54) is 18.6 Å². The topological polar surface area (TPSA) is 32.3 Å². The molecule has 1 fully saturated rings. The van der Waals surface area contributed by atoms with Crippen LogP contribution in [0.15, 0.2) is 18.2 Å². The van der Waals surface area contributed by atoms with Gasteiger partial charge in [0.05, 0.1) is 11.4 Å². The highest BCUT2D eigenvalue weighted by atomic mass is 19.1. The third-order valence-corrected chi connectivity index (χ3v) is 3.25. The summed E-state index contributed by atoms with van der Waals surface area (Å²) < 4.78 is 13.3. The van der Waals surface area contributed by atoms with Crippen LogP contribution in [0.2, 0.25) is 0 Å². The van der Waals surface area contributed by atoms with E-state index in [1.54, 1.807) is 13.0 Å². The highest BCUT2D eigenvalue weighted by Crippen LogP contribution is 2.29. The third kappa shape index (κ3) is 3.00. The lowest BCUT2D eigenvalue weighted by molar-refractivity contribution is -0.115. The Kier molecular flexibility index (Phi) is 4.18. The van der Waals surface area contributed by atoms with Gasteiger partial charge in [-0.1, -0.05) is 6.92 Å². The van der Waals surface area contributed by atoms with Gasteiger partial charge in [0.2, 0.25) is 5.91 Å². The van der Waals surface area contributed by atoms with Crippen LogP contribution < -0.4 is 10.2 Å². The van der Waals surface area contributed by atoms with E-state index in [0.29, 0.717) is 12.1 Å². The monoisotopic (exact) mass is 250 g/mol. The van der Waals surface area contributed by atoms with E-state index in [9.17, 15) is 9.18 Å². The van der Waals surface area contributed by atoms with Crippen LogP contribution in [0.3, 0.4) is 0 Å². The summed E-state index contributed by atoms with van der Waals surface area (Å²) in [6.45, 7) is 3.73. The minimum absolute atomic E-state index is 0.0844. The predicted octanol–water partition coefficient (Wildman–Crippen LogP) is 3.16. The Balaban J connectivity index is 2.24. The number of rotatable bonds is 3. The highest BCUT2D eigenvalue weighted by molar-refractivity contribution is 5.94. The molecule has 1 aliphatic rings. The summed E-state index contributed by atoms with van der Waals surface area (Å²) in [5.74, 6) is -0.402. The molecule has 0 radical (unpaired) electrons. The second kappa shape index (κ2) is 5.85. The van der Waals surface area contributed by atoms with Gasteiger partial charge in [-0.3, -0.25) is 4.79 Å². The Morgan fingerprint density at radius 3 is 2.72 bits per heavy atom. The van der Waals surface area contributed by atoms with Crippen molar-refractivity contribution in [1.82, 2.24) is 0 Å². The summed E-state index contributed by atoms with van der Waals surface area (Å²) >= 11 is 0. The van der Waals surface area contributed by atoms with Crippen molar-refractivity contribution >= 4 is 17.3 Å². The molecule has 3 nitrogen and oxygen atoms in total. The molecule has 0 unspecified atom stereocenters. The average molecular weight is 250 g/mol. The zero-order valence-corrected chi connectivity index (χ0v) is 10.7. The number of hydrogen-bond acceptors (Lipinski definition) is 2. The summed E-state index contributed by atoms with van der Waals surface area (Å²) in [5, 5.41) is 2.78. The molecule has 1 saturated heterocycles. The molecule has 0 aromatic heterocycles. The van der Waals surface area contributed by atoms with Gasteiger partial charge in [-0.2, -0.15) is 0 Å². The first-order valence-electron chi connectivity index (χ1n) is 6.55. The summed E-state index contributed by atoms with van der Waals surface area (Å²) in [7, 11) is 0. The van der Waals surface area contributed by atoms with Crippen LogP contribution in [0.4, 0.5) is 15.8 Å². The third-order valence-electron chi connectivity index (χ3n) is 3.25. The molecule has 0 bridgehead atoms. The summed E-state index contributed by atoms with van der Waals surface area (Å²) in [5.41, 5.74) is 1.52. The van der Waals surface area contributed by atoms with Crippen molar-refractivity contribution < 1.29 is 9.18 Å². The Morgan fingerprint density at radius 1 is 1.33 bits per heavy atom. The molecule has 2 rings (SSSR count). The molecule has 1 amide bonds. The van der Waals surface area contributed by atoms with E-state index in [1.807, 2.05) is 0 Å². The molecular weight excluding hydrogens is 231 g/mol. The fraction of sp³-hybridized carbons (Fsp3) is 0.500. The Hall–Kier alpha value is -1.58. The number of amides is 1. The van der Waals surface area contributed by atoms with Gasteiger partial charge in [0.1, 0.15) is 5.82 Å². The zero-order chi connectivity index (χ0) is 13.0. The summed E-state index contributed by atoms with van der Waals surface area (Å²) in [6, 6.07) is 4.61. The minimum Gasteiger partial charge on any atom is -0.370 e. The molecule has 4 heteroatoms. The molecule has 0 spiro atoms. The van der Waals surface area contributed by atoms with Gasteiger partial charge in [-0.25, -0.2) is 4.39 Å². The van der Waals surface area contributed by atoms with Crippen molar-refractivity contribution in [2.45, 2.75) is 32.6 Å². The summed E-state index contributed by atoms with van der Waals surface area (Å²) in [6.07, 6.45) is 3.95. The van der Waals surface area contributed by atoms with E-state index in [0.717, 1.165) is 31.6 Å². The van der Waals surface area contributed by atoms with Gasteiger partial charge in [0, 0.05) is 19.5 Å². The number of hydrogen-bond donors (Lipinski definition) is 1. The van der Waals surface area contributed by atoms with Crippen molar-refractivity contribution in [3.8, 4) is 0 Å². The Labute approximate surface area is 107 Å². The van der Waals surface area contributed by atoms with E-state index in [2.05, 4.69) is 10.2 Å². The van der Waals surface area contributed by atoms with Crippen molar-refractivity contribution in [2.75, 3.05) is 23.3 Å².